The van der Waals surface area contributed by atoms with E-state index in [2.05, 4.69) is 21.3 Å². The summed E-state index contributed by atoms with van der Waals surface area (Å²) < 4.78 is 5.52. The molecule has 1 fully saturated rings. The number of carbonyl (C=O) groups excluding carboxylic acids is 3. The van der Waals surface area contributed by atoms with E-state index in [1.807, 2.05) is 6.92 Å². The van der Waals surface area contributed by atoms with Crippen LogP contribution in [0.1, 0.15) is 43.0 Å². The first-order chi connectivity index (χ1) is 15.5. The molecule has 8 nitrogen and oxygen atoms in total. The molecule has 1 atom stereocenters. The molecule has 1 unspecified atom stereocenters. The highest BCUT2D eigenvalue weighted by Crippen LogP contribution is 2.15. The van der Waals surface area contributed by atoms with Gasteiger partial charge in [0.2, 0.25) is 11.8 Å². The normalized spacial score (nSPS) is 15.1. The Kier molecular flexibility index (Phi) is 8.62. The van der Waals surface area contributed by atoms with Crippen molar-refractivity contribution in [1.29, 1.82) is 0 Å². The molecule has 3 rings (SSSR count). The molecule has 0 radical (unpaired) electrons. The number of hydrogen-bond acceptors (Lipinski definition) is 5. The molecule has 2 aromatic carbocycles. The lowest BCUT2D eigenvalue weighted by Gasteiger charge is -2.12. The van der Waals surface area contributed by atoms with Crippen molar-refractivity contribution in [3.8, 4) is 0 Å². The van der Waals surface area contributed by atoms with Gasteiger partial charge in [0, 0.05) is 42.2 Å². The zero-order chi connectivity index (χ0) is 22.8. The maximum absolute atomic E-state index is 12.4. The zero-order valence-electron chi connectivity index (χ0n) is 18.3. The van der Waals surface area contributed by atoms with Crippen LogP contribution in [0.3, 0.4) is 0 Å². The molecule has 1 aliphatic rings. The van der Waals surface area contributed by atoms with E-state index in [1.54, 1.807) is 48.5 Å². The van der Waals surface area contributed by atoms with E-state index in [0.29, 0.717) is 35.6 Å². The van der Waals surface area contributed by atoms with Gasteiger partial charge in [0.05, 0.1) is 12.6 Å². The van der Waals surface area contributed by atoms with Crippen LogP contribution in [0, 0.1) is 0 Å². The van der Waals surface area contributed by atoms with Crippen molar-refractivity contribution in [2.75, 3.05) is 35.6 Å². The second kappa shape index (κ2) is 11.9. The molecule has 0 bridgehead atoms. The van der Waals surface area contributed by atoms with Gasteiger partial charge in [-0.25, -0.2) is 0 Å². The molecule has 170 valence electrons. The van der Waals surface area contributed by atoms with E-state index in [1.165, 1.54) is 0 Å². The predicted octanol–water partition coefficient (Wildman–Crippen LogP) is 3.38. The Morgan fingerprint density at radius 3 is 2.34 bits per heavy atom. The molecule has 8 heteroatoms. The minimum atomic E-state index is -0.221. The molecular formula is C24H30N4O4. The second-order valence-electron chi connectivity index (χ2n) is 7.70. The molecular weight excluding hydrogens is 408 g/mol. The van der Waals surface area contributed by atoms with Gasteiger partial charge in [-0.3, -0.25) is 14.4 Å². The van der Waals surface area contributed by atoms with E-state index in [9.17, 15) is 14.4 Å². The summed E-state index contributed by atoms with van der Waals surface area (Å²) in [5, 5.41) is 11.5. The fourth-order valence-corrected chi connectivity index (χ4v) is 3.36. The Bertz CT molecular complexity index is 924. The van der Waals surface area contributed by atoms with Crippen LogP contribution in [0.25, 0.3) is 0 Å². The van der Waals surface area contributed by atoms with Crippen LogP contribution in [-0.2, 0) is 14.3 Å². The van der Waals surface area contributed by atoms with Crippen LogP contribution < -0.4 is 21.3 Å². The highest BCUT2D eigenvalue weighted by molar-refractivity contribution is 5.96. The zero-order valence-corrected chi connectivity index (χ0v) is 18.3. The molecule has 32 heavy (non-hydrogen) atoms. The molecule has 4 N–H and O–H groups in total. The van der Waals surface area contributed by atoms with Crippen molar-refractivity contribution in [2.24, 2.45) is 0 Å². The van der Waals surface area contributed by atoms with Crippen LogP contribution in [0.2, 0.25) is 0 Å². The summed E-state index contributed by atoms with van der Waals surface area (Å²) in [5.74, 6) is -0.419. The van der Waals surface area contributed by atoms with Gasteiger partial charge in [-0.2, -0.15) is 0 Å². The topological polar surface area (TPSA) is 109 Å². The summed E-state index contributed by atoms with van der Waals surface area (Å²) in [6.45, 7) is 3.25. The maximum atomic E-state index is 12.4. The number of anilines is 3. The van der Waals surface area contributed by atoms with Gasteiger partial charge in [0.1, 0.15) is 0 Å². The number of rotatable bonds is 10. The molecule has 1 aliphatic heterocycles. The second-order valence-corrected chi connectivity index (χ2v) is 7.70. The number of amides is 3. The van der Waals surface area contributed by atoms with E-state index in [-0.39, 0.29) is 30.4 Å². The van der Waals surface area contributed by atoms with E-state index in [0.717, 1.165) is 25.9 Å². The Labute approximate surface area is 188 Å². The van der Waals surface area contributed by atoms with Crippen LogP contribution in [0.5, 0.6) is 0 Å². The number of carbonyl (C=O) groups is 3. The van der Waals surface area contributed by atoms with Gasteiger partial charge in [-0.15, -0.1) is 0 Å². The molecule has 3 amide bonds. The molecule has 0 aromatic heterocycles. The quantitative estimate of drug-likeness (QED) is 0.455. The summed E-state index contributed by atoms with van der Waals surface area (Å²) in [7, 11) is 0. The Morgan fingerprint density at radius 2 is 1.69 bits per heavy atom. The van der Waals surface area contributed by atoms with Crippen LogP contribution >= 0.6 is 0 Å². The molecule has 0 spiro atoms. The summed E-state index contributed by atoms with van der Waals surface area (Å²) in [4.78, 5) is 36.3. The highest BCUT2D eigenvalue weighted by Gasteiger charge is 2.16. The SMILES string of the molecule is CCCC(=O)Nc1ccc(NC(=O)CNc2cccc(C(=O)NCC3CCCO3)c2)cc1. The van der Waals surface area contributed by atoms with Crippen molar-refractivity contribution in [1.82, 2.24) is 5.32 Å². The minimum Gasteiger partial charge on any atom is -0.376 e. The smallest absolute Gasteiger partial charge is 0.251 e. The van der Waals surface area contributed by atoms with Gasteiger partial charge in [-0.05, 0) is 61.7 Å². The number of hydrogen-bond donors (Lipinski definition) is 4. The fraction of sp³-hybridized carbons (Fsp3) is 0.375. The third-order valence-electron chi connectivity index (χ3n) is 5.02. The van der Waals surface area contributed by atoms with Crippen molar-refractivity contribution in [3.05, 3.63) is 54.1 Å². The van der Waals surface area contributed by atoms with Gasteiger partial charge in [0.15, 0.2) is 0 Å². The Balaban J connectivity index is 1.44. The third-order valence-corrected chi connectivity index (χ3v) is 5.02. The van der Waals surface area contributed by atoms with Gasteiger partial charge in [-0.1, -0.05) is 13.0 Å². The van der Waals surface area contributed by atoms with Crippen LogP contribution in [0.15, 0.2) is 48.5 Å². The fourth-order valence-electron chi connectivity index (χ4n) is 3.36. The first kappa shape index (κ1) is 23.3. The molecule has 2 aromatic rings. The molecule has 1 saturated heterocycles. The molecule has 1 heterocycles. The molecule has 0 aliphatic carbocycles. The number of benzene rings is 2. The summed E-state index contributed by atoms with van der Waals surface area (Å²) >= 11 is 0. The van der Waals surface area contributed by atoms with E-state index >= 15 is 0 Å². The summed E-state index contributed by atoms with van der Waals surface area (Å²) in [6.07, 6.45) is 3.35. The number of ether oxygens (including phenoxy) is 1. The number of nitrogens with one attached hydrogen (secondary N) is 4. The van der Waals surface area contributed by atoms with E-state index in [4.69, 9.17) is 4.74 Å². The Morgan fingerprint density at radius 1 is 0.969 bits per heavy atom. The average Bonchev–Trinajstić information content (AvgIpc) is 3.31. The van der Waals surface area contributed by atoms with Crippen molar-refractivity contribution < 1.29 is 19.1 Å². The predicted molar refractivity (Wildman–Crippen MR) is 125 cm³/mol. The summed E-state index contributed by atoms with van der Waals surface area (Å²) in [6, 6.07) is 14.0. The first-order valence-electron chi connectivity index (χ1n) is 11.0. The van der Waals surface area contributed by atoms with Gasteiger partial charge >= 0.3 is 0 Å². The van der Waals surface area contributed by atoms with Crippen LogP contribution in [0.4, 0.5) is 17.1 Å². The van der Waals surface area contributed by atoms with E-state index < -0.39 is 0 Å². The summed E-state index contributed by atoms with van der Waals surface area (Å²) in [5.41, 5.74) is 2.52. The van der Waals surface area contributed by atoms with Crippen molar-refractivity contribution in [2.45, 2.75) is 38.7 Å². The highest BCUT2D eigenvalue weighted by atomic mass is 16.5. The minimum absolute atomic E-state index is 0.0312. The van der Waals surface area contributed by atoms with Gasteiger partial charge < -0.3 is 26.0 Å². The average molecular weight is 439 g/mol. The molecule has 0 saturated carbocycles. The lowest BCUT2D eigenvalue weighted by atomic mass is 10.1. The van der Waals surface area contributed by atoms with Crippen LogP contribution in [-0.4, -0.2) is 43.5 Å². The standard InChI is InChI=1S/C24H30N4O4/c1-2-5-22(29)27-18-9-11-19(12-10-18)28-23(30)16-25-20-7-3-6-17(14-20)24(31)26-15-21-8-4-13-32-21/h3,6-7,9-12,14,21,25H,2,4-5,8,13,15-16H2,1H3,(H,26,31)(H,27,29)(H,28,30). The van der Waals surface area contributed by atoms with Crippen molar-refractivity contribution in [3.63, 3.8) is 0 Å². The van der Waals surface area contributed by atoms with Crippen molar-refractivity contribution >= 4 is 34.8 Å². The lowest BCUT2D eigenvalue weighted by Crippen LogP contribution is -2.31. The maximum Gasteiger partial charge on any atom is 0.251 e. The Hall–Kier alpha value is -3.39. The largest absolute Gasteiger partial charge is 0.376 e. The monoisotopic (exact) mass is 438 g/mol. The third kappa shape index (κ3) is 7.39. The van der Waals surface area contributed by atoms with Gasteiger partial charge in [0.25, 0.3) is 5.91 Å². The first-order valence-corrected chi connectivity index (χ1v) is 11.0. The lowest BCUT2D eigenvalue weighted by molar-refractivity contribution is -0.116.